The fraction of sp³-hybridized carbons (Fsp3) is 0.529. The molecule has 4 rings (SSSR count). The fourth-order valence-corrected chi connectivity index (χ4v) is 4.15. The second-order valence-electron chi connectivity index (χ2n) is 6.69. The maximum Gasteiger partial charge on any atom is 0.234 e. The summed E-state index contributed by atoms with van der Waals surface area (Å²) in [6, 6.07) is 5.97. The zero-order valence-corrected chi connectivity index (χ0v) is 13.4. The van der Waals surface area contributed by atoms with E-state index in [-0.39, 0.29) is 5.41 Å². The molecule has 0 N–H and O–H groups in total. The Morgan fingerprint density at radius 2 is 2.22 bits per heavy atom. The minimum Gasteiger partial charge on any atom is -0.355 e. The predicted octanol–water partition coefficient (Wildman–Crippen LogP) is 2.51. The summed E-state index contributed by atoms with van der Waals surface area (Å²) in [5, 5.41) is 13.1. The molecule has 118 valence electrons. The van der Waals surface area contributed by atoms with Crippen LogP contribution in [0.15, 0.2) is 16.7 Å². The molecule has 0 radical (unpaired) electrons. The van der Waals surface area contributed by atoms with Gasteiger partial charge in [-0.1, -0.05) is 11.6 Å². The Morgan fingerprint density at radius 3 is 2.91 bits per heavy atom. The summed E-state index contributed by atoms with van der Waals surface area (Å²) in [4.78, 5) is 11.5. The van der Waals surface area contributed by atoms with Crippen molar-refractivity contribution in [1.29, 1.82) is 5.26 Å². The van der Waals surface area contributed by atoms with Gasteiger partial charge >= 0.3 is 0 Å². The molecule has 23 heavy (non-hydrogen) atoms. The molecule has 0 aromatic carbocycles. The third-order valence-corrected chi connectivity index (χ3v) is 5.34. The van der Waals surface area contributed by atoms with E-state index >= 15 is 0 Å². The van der Waals surface area contributed by atoms with Crippen LogP contribution in [0.1, 0.15) is 42.2 Å². The highest BCUT2D eigenvalue weighted by Gasteiger charge is 2.54. The number of hydrogen-bond acceptors (Lipinski definition) is 6. The molecule has 2 aliphatic rings. The first kappa shape index (κ1) is 14.2. The smallest absolute Gasteiger partial charge is 0.234 e. The number of aromatic nitrogens is 3. The summed E-state index contributed by atoms with van der Waals surface area (Å²) in [7, 11) is 0. The fourth-order valence-electron chi connectivity index (χ4n) is 4.15. The number of pyridine rings is 1. The number of aryl methyl sites for hydroxylation is 2. The third kappa shape index (κ3) is 2.11. The summed E-state index contributed by atoms with van der Waals surface area (Å²) >= 11 is 0. The zero-order valence-electron chi connectivity index (χ0n) is 13.4. The van der Waals surface area contributed by atoms with E-state index in [2.05, 4.69) is 26.1 Å². The second kappa shape index (κ2) is 5.05. The van der Waals surface area contributed by atoms with E-state index in [0.717, 1.165) is 36.9 Å². The topological polar surface area (TPSA) is 78.8 Å². The van der Waals surface area contributed by atoms with Crippen molar-refractivity contribution in [1.82, 2.24) is 15.1 Å². The Balaban J connectivity index is 1.67. The van der Waals surface area contributed by atoms with Gasteiger partial charge in [0.1, 0.15) is 11.9 Å². The van der Waals surface area contributed by atoms with Crippen LogP contribution < -0.4 is 4.90 Å². The number of anilines is 1. The molecule has 1 saturated carbocycles. The average molecular weight is 309 g/mol. The Kier molecular flexibility index (Phi) is 3.12. The second-order valence-corrected chi connectivity index (χ2v) is 6.69. The van der Waals surface area contributed by atoms with Crippen LogP contribution in [0.2, 0.25) is 0 Å². The summed E-state index contributed by atoms with van der Waals surface area (Å²) in [5.74, 6) is 2.95. The van der Waals surface area contributed by atoms with E-state index in [0.29, 0.717) is 17.3 Å². The van der Waals surface area contributed by atoms with Gasteiger partial charge in [0.15, 0.2) is 5.82 Å². The van der Waals surface area contributed by atoms with Gasteiger partial charge < -0.3 is 9.42 Å². The maximum atomic E-state index is 9.07. The molecule has 2 aromatic heterocycles. The number of fused-ring (bicyclic) bond motifs is 1. The standard InChI is InChI=1S/C17H19N5O/c1-11-13(8-18)5-6-15(19-11)22-9-14-4-3-7-17(14,10-22)16-20-12(2)21-23-16/h5-6,14H,3-4,7,9-10H2,1-2H3/t14-,17-/m0/s1. The van der Waals surface area contributed by atoms with Crippen molar-refractivity contribution in [3.63, 3.8) is 0 Å². The minimum absolute atomic E-state index is 0.0370. The van der Waals surface area contributed by atoms with Gasteiger partial charge in [0, 0.05) is 13.1 Å². The number of nitriles is 1. The summed E-state index contributed by atoms with van der Waals surface area (Å²) in [5.41, 5.74) is 1.38. The first-order chi connectivity index (χ1) is 11.1. The lowest BCUT2D eigenvalue weighted by Gasteiger charge is -2.24. The van der Waals surface area contributed by atoms with Gasteiger partial charge in [-0.05, 0) is 44.7 Å². The quantitative estimate of drug-likeness (QED) is 0.848. The van der Waals surface area contributed by atoms with Gasteiger partial charge in [0.05, 0.1) is 16.7 Å². The van der Waals surface area contributed by atoms with Crippen LogP contribution in [-0.4, -0.2) is 28.2 Å². The van der Waals surface area contributed by atoms with Crippen molar-refractivity contribution in [2.45, 2.75) is 38.5 Å². The molecular weight excluding hydrogens is 290 g/mol. The molecule has 2 fully saturated rings. The van der Waals surface area contributed by atoms with Crippen molar-refractivity contribution < 1.29 is 4.52 Å². The minimum atomic E-state index is -0.0370. The highest BCUT2D eigenvalue weighted by atomic mass is 16.5. The van der Waals surface area contributed by atoms with Gasteiger partial charge in [0.25, 0.3) is 0 Å². The Morgan fingerprint density at radius 1 is 1.35 bits per heavy atom. The molecular formula is C17H19N5O. The number of nitrogens with zero attached hydrogens (tertiary/aromatic N) is 5. The Labute approximate surface area is 135 Å². The van der Waals surface area contributed by atoms with Crippen LogP contribution in [0.5, 0.6) is 0 Å². The summed E-state index contributed by atoms with van der Waals surface area (Å²) in [6.45, 7) is 5.57. The maximum absolute atomic E-state index is 9.07. The molecule has 0 amide bonds. The molecule has 3 heterocycles. The summed E-state index contributed by atoms with van der Waals surface area (Å²) < 4.78 is 5.55. The van der Waals surface area contributed by atoms with Gasteiger partial charge in [-0.2, -0.15) is 10.2 Å². The molecule has 0 bridgehead atoms. The monoisotopic (exact) mass is 309 g/mol. The zero-order chi connectivity index (χ0) is 16.0. The molecule has 1 aliphatic carbocycles. The van der Waals surface area contributed by atoms with E-state index in [9.17, 15) is 0 Å². The van der Waals surface area contributed by atoms with E-state index < -0.39 is 0 Å². The molecule has 1 aliphatic heterocycles. The number of hydrogen-bond donors (Lipinski definition) is 0. The van der Waals surface area contributed by atoms with Gasteiger partial charge in [-0.15, -0.1) is 0 Å². The van der Waals surface area contributed by atoms with Gasteiger partial charge in [-0.3, -0.25) is 0 Å². The predicted molar refractivity (Wildman–Crippen MR) is 84.0 cm³/mol. The average Bonchev–Trinajstić information content (AvgIpc) is 3.20. The lowest BCUT2D eigenvalue weighted by molar-refractivity contribution is 0.265. The Hall–Kier alpha value is -2.42. The highest BCUT2D eigenvalue weighted by molar-refractivity contribution is 5.48. The molecule has 0 spiro atoms. The van der Waals surface area contributed by atoms with Crippen molar-refractivity contribution in [3.8, 4) is 6.07 Å². The molecule has 1 saturated heterocycles. The molecule has 6 heteroatoms. The van der Waals surface area contributed by atoms with Crippen LogP contribution >= 0.6 is 0 Å². The lowest BCUT2D eigenvalue weighted by Crippen LogP contribution is -2.32. The van der Waals surface area contributed by atoms with E-state index in [4.69, 9.17) is 9.78 Å². The lowest BCUT2D eigenvalue weighted by atomic mass is 9.80. The normalized spacial score (nSPS) is 26.3. The van der Waals surface area contributed by atoms with Crippen LogP contribution in [0.3, 0.4) is 0 Å². The van der Waals surface area contributed by atoms with Crippen LogP contribution in [0, 0.1) is 31.1 Å². The largest absolute Gasteiger partial charge is 0.355 e. The first-order valence-corrected chi connectivity index (χ1v) is 8.06. The molecule has 6 nitrogen and oxygen atoms in total. The molecule has 0 unspecified atom stereocenters. The van der Waals surface area contributed by atoms with Crippen LogP contribution in [-0.2, 0) is 5.41 Å². The van der Waals surface area contributed by atoms with E-state index in [1.165, 1.54) is 12.8 Å². The third-order valence-electron chi connectivity index (χ3n) is 5.34. The Bertz CT molecular complexity index is 793. The van der Waals surface area contributed by atoms with Crippen molar-refractivity contribution in [2.75, 3.05) is 18.0 Å². The summed E-state index contributed by atoms with van der Waals surface area (Å²) in [6.07, 6.45) is 3.48. The highest BCUT2D eigenvalue weighted by Crippen LogP contribution is 2.50. The first-order valence-electron chi connectivity index (χ1n) is 8.06. The van der Waals surface area contributed by atoms with Crippen LogP contribution in [0.4, 0.5) is 5.82 Å². The van der Waals surface area contributed by atoms with Gasteiger partial charge in [0.2, 0.25) is 5.89 Å². The SMILES string of the molecule is Cc1noc([C@]23CCC[C@H]2CN(c2ccc(C#N)c(C)n2)C3)n1. The van der Waals surface area contributed by atoms with E-state index in [1.807, 2.05) is 26.0 Å². The van der Waals surface area contributed by atoms with Crippen LogP contribution in [0.25, 0.3) is 0 Å². The molecule has 2 aromatic rings. The van der Waals surface area contributed by atoms with E-state index in [1.54, 1.807) is 0 Å². The molecule has 2 atom stereocenters. The van der Waals surface area contributed by atoms with Crippen molar-refractivity contribution in [2.24, 2.45) is 5.92 Å². The van der Waals surface area contributed by atoms with Crippen molar-refractivity contribution >= 4 is 5.82 Å². The van der Waals surface area contributed by atoms with Crippen molar-refractivity contribution in [3.05, 3.63) is 35.1 Å². The number of rotatable bonds is 2. The van der Waals surface area contributed by atoms with Gasteiger partial charge in [-0.25, -0.2) is 4.98 Å².